The first-order valence-corrected chi connectivity index (χ1v) is 6.69. The van der Waals surface area contributed by atoms with Gasteiger partial charge in [-0.1, -0.05) is 19.8 Å². The molecule has 2 N–H and O–H groups in total. The number of carboxylic acid groups (broad SMARTS) is 1. The van der Waals surface area contributed by atoms with Gasteiger partial charge in [0, 0.05) is 0 Å². The fourth-order valence-electron chi connectivity index (χ4n) is 1.88. The number of aliphatic carboxylic acids is 1. The minimum atomic E-state index is -1.14. The van der Waals surface area contributed by atoms with Crippen molar-refractivity contribution in [1.82, 2.24) is 5.32 Å². The SMILES string of the molecule is CCCC[C@H](NC(=O)C1(C(=O)OCC)CC1)C(=O)O. The van der Waals surface area contributed by atoms with E-state index in [1.807, 2.05) is 6.92 Å². The van der Waals surface area contributed by atoms with Crippen molar-refractivity contribution in [2.75, 3.05) is 6.61 Å². The van der Waals surface area contributed by atoms with Crippen LogP contribution >= 0.6 is 0 Å². The Labute approximate surface area is 112 Å². The second kappa shape index (κ2) is 6.54. The van der Waals surface area contributed by atoms with E-state index in [-0.39, 0.29) is 6.61 Å². The van der Waals surface area contributed by atoms with Crippen LogP contribution < -0.4 is 5.32 Å². The van der Waals surface area contributed by atoms with Crippen LogP contribution in [0.25, 0.3) is 0 Å². The van der Waals surface area contributed by atoms with Crippen LogP contribution in [0.1, 0.15) is 46.0 Å². The van der Waals surface area contributed by atoms with Crippen molar-refractivity contribution in [3.63, 3.8) is 0 Å². The second-order valence-corrected chi connectivity index (χ2v) is 4.81. The Hall–Kier alpha value is -1.59. The molecular formula is C13H21NO5. The average molecular weight is 271 g/mol. The maximum absolute atomic E-state index is 12.0. The molecule has 0 aromatic rings. The van der Waals surface area contributed by atoms with E-state index >= 15 is 0 Å². The van der Waals surface area contributed by atoms with Crippen molar-refractivity contribution in [3.8, 4) is 0 Å². The quantitative estimate of drug-likeness (QED) is 0.509. The predicted octanol–water partition coefficient (Wildman–Crippen LogP) is 1.09. The summed E-state index contributed by atoms with van der Waals surface area (Å²) in [5.74, 6) is -2.14. The van der Waals surface area contributed by atoms with Gasteiger partial charge in [-0.2, -0.15) is 0 Å². The standard InChI is InChI=1S/C13H21NO5/c1-3-5-6-9(10(15)16)14-11(17)13(7-8-13)12(18)19-4-2/h9H,3-8H2,1-2H3,(H,14,17)(H,15,16)/t9-/m0/s1. The fraction of sp³-hybridized carbons (Fsp3) is 0.769. The fourth-order valence-corrected chi connectivity index (χ4v) is 1.88. The Morgan fingerprint density at radius 1 is 1.32 bits per heavy atom. The molecule has 108 valence electrons. The molecule has 0 aromatic carbocycles. The third-order valence-electron chi connectivity index (χ3n) is 3.30. The van der Waals surface area contributed by atoms with Crippen LogP contribution in [-0.2, 0) is 19.1 Å². The first-order chi connectivity index (χ1) is 8.97. The summed E-state index contributed by atoms with van der Waals surface area (Å²) < 4.78 is 4.87. The summed E-state index contributed by atoms with van der Waals surface area (Å²) >= 11 is 0. The van der Waals surface area contributed by atoms with Gasteiger partial charge in [0.15, 0.2) is 0 Å². The number of rotatable bonds is 8. The Morgan fingerprint density at radius 3 is 2.37 bits per heavy atom. The van der Waals surface area contributed by atoms with Gasteiger partial charge in [-0.25, -0.2) is 4.79 Å². The molecule has 1 fully saturated rings. The Kier molecular flexibility index (Phi) is 5.32. The van der Waals surface area contributed by atoms with Gasteiger partial charge in [0.1, 0.15) is 11.5 Å². The molecule has 1 rings (SSSR count). The van der Waals surface area contributed by atoms with Crippen LogP contribution in [0.4, 0.5) is 0 Å². The zero-order chi connectivity index (χ0) is 14.5. The van der Waals surface area contributed by atoms with Crippen LogP contribution in [0.2, 0.25) is 0 Å². The van der Waals surface area contributed by atoms with Gasteiger partial charge in [-0.05, 0) is 26.2 Å². The monoisotopic (exact) mass is 271 g/mol. The smallest absolute Gasteiger partial charge is 0.326 e. The highest BCUT2D eigenvalue weighted by molar-refractivity contribution is 6.06. The second-order valence-electron chi connectivity index (χ2n) is 4.81. The molecule has 1 aliphatic carbocycles. The molecule has 0 aliphatic heterocycles. The van der Waals surface area contributed by atoms with E-state index in [0.717, 1.165) is 6.42 Å². The van der Waals surface area contributed by atoms with E-state index in [1.54, 1.807) is 6.92 Å². The number of carbonyl (C=O) groups is 3. The van der Waals surface area contributed by atoms with Crippen molar-refractivity contribution in [2.45, 2.75) is 52.0 Å². The Balaban J connectivity index is 2.61. The number of carboxylic acids is 1. The number of carbonyl (C=O) groups excluding carboxylic acids is 2. The molecule has 6 heteroatoms. The molecule has 0 radical (unpaired) electrons. The van der Waals surface area contributed by atoms with Crippen LogP contribution in [-0.4, -0.2) is 35.6 Å². The number of amides is 1. The number of esters is 1. The molecule has 0 unspecified atom stereocenters. The highest BCUT2D eigenvalue weighted by Crippen LogP contribution is 2.47. The topological polar surface area (TPSA) is 92.7 Å². The van der Waals surface area contributed by atoms with Crippen molar-refractivity contribution in [2.24, 2.45) is 5.41 Å². The molecule has 0 bridgehead atoms. The highest BCUT2D eigenvalue weighted by atomic mass is 16.5. The first kappa shape index (κ1) is 15.5. The van der Waals surface area contributed by atoms with Gasteiger partial charge >= 0.3 is 11.9 Å². The summed E-state index contributed by atoms with van der Waals surface area (Å²) in [4.78, 5) is 34.8. The normalized spacial score (nSPS) is 17.4. The maximum Gasteiger partial charge on any atom is 0.326 e. The molecule has 1 atom stereocenters. The van der Waals surface area contributed by atoms with E-state index in [4.69, 9.17) is 9.84 Å². The number of unbranched alkanes of at least 4 members (excludes halogenated alkanes) is 1. The average Bonchev–Trinajstić information content (AvgIpc) is 3.15. The van der Waals surface area contributed by atoms with Crippen LogP contribution in [0, 0.1) is 5.41 Å². The molecule has 0 spiro atoms. The lowest BCUT2D eigenvalue weighted by atomic mass is 10.0. The van der Waals surface area contributed by atoms with Crippen molar-refractivity contribution >= 4 is 17.8 Å². The van der Waals surface area contributed by atoms with Crippen LogP contribution in [0.3, 0.4) is 0 Å². The lowest BCUT2D eigenvalue weighted by Crippen LogP contribution is -2.46. The molecule has 1 aliphatic rings. The molecule has 1 saturated carbocycles. The summed E-state index contributed by atoms with van der Waals surface area (Å²) in [5, 5.41) is 11.5. The molecule has 0 heterocycles. The Bertz CT molecular complexity index is 362. The van der Waals surface area contributed by atoms with Gasteiger partial charge in [-0.15, -0.1) is 0 Å². The minimum Gasteiger partial charge on any atom is -0.480 e. The lowest BCUT2D eigenvalue weighted by Gasteiger charge is -2.18. The van der Waals surface area contributed by atoms with Crippen molar-refractivity contribution in [3.05, 3.63) is 0 Å². The first-order valence-electron chi connectivity index (χ1n) is 6.69. The number of hydrogen-bond acceptors (Lipinski definition) is 4. The third kappa shape index (κ3) is 3.68. The summed E-state index contributed by atoms with van der Waals surface area (Å²) in [6, 6.07) is -0.931. The zero-order valence-corrected chi connectivity index (χ0v) is 11.4. The van der Waals surface area contributed by atoms with E-state index in [1.165, 1.54) is 0 Å². The van der Waals surface area contributed by atoms with E-state index in [9.17, 15) is 14.4 Å². The van der Waals surface area contributed by atoms with Gasteiger partial charge < -0.3 is 15.2 Å². The van der Waals surface area contributed by atoms with Crippen molar-refractivity contribution < 1.29 is 24.2 Å². The Morgan fingerprint density at radius 2 is 1.95 bits per heavy atom. The minimum absolute atomic E-state index is 0.214. The number of ether oxygens (including phenoxy) is 1. The van der Waals surface area contributed by atoms with Gasteiger partial charge in [0.05, 0.1) is 6.61 Å². The molecular weight excluding hydrogens is 250 g/mol. The summed E-state index contributed by atoms with van der Waals surface area (Å²) in [6.07, 6.45) is 2.79. The molecule has 0 aromatic heterocycles. The number of nitrogens with one attached hydrogen (secondary N) is 1. The molecule has 1 amide bonds. The van der Waals surface area contributed by atoms with Crippen molar-refractivity contribution in [1.29, 1.82) is 0 Å². The zero-order valence-electron chi connectivity index (χ0n) is 11.4. The maximum atomic E-state index is 12.0. The van der Waals surface area contributed by atoms with E-state index in [0.29, 0.717) is 25.7 Å². The molecule has 0 saturated heterocycles. The summed E-state index contributed by atoms with van der Waals surface area (Å²) in [5.41, 5.74) is -1.14. The van der Waals surface area contributed by atoms with Crippen LogP contribution in [0.5, 0.6) is 0 Å². The lowest BCUT2D eigenvalue weighted by molar-refractivity contribution is -0.155. The molecule has 6 nitrogen and oxygen atoms in total. The predicted molar refractivity (Wildman–Crippen MR) is 67.4 cm³/mol. The largest absolute Gasteiger partial charge is 0.480 e. The number of hydrogen-bond donors (Lipinski definition) is 2. The molecule has 19 heavy (non-hydrogen) atoms. The van der Waals surface area contributed by atoms with E-state index in [2.05, 4.69) is 5.32 Å². The van der Waals surface area contributed by atoms with Gasteiger partial charge in [-0.3, -0.25) is 9.59 Å². The van der Waals surface area contributed by atoms with E-state index < -0.39 is 29.3 Å². The van der Waals surface area contributed by atoms with Gasteiger partial charge in [0.2, 0.25) is 5.91 Å². The van der Waals surface area contributed by atoms with Crippen LogP contribution in [0.15, 0.2) is 0 Å². The highest BCUT2D eigenvalue weighted by Gasteiger charge is 2.58. The summed E-state index contributed by atoms with van der Waals surface area (Å²) in [6.45, 7) is 3.83. The third-order valence-corrected chi connectivity index (χ3v) is 3.30. The van der Waals surface area contributed by atoms with Gasteiger partial charge in [0.25, 0.3) is 0 Å². The summed E-state index contributed by atoms with van der Waals surface area (Å²) in [7, 11) is 0.